The van der Waals surface area contributed by atoms with E-state index in [0.717, 1.165) is 42.6 Å². The van der Waals surface area contributed by atoms with Crippen molar-refractivity contribution in [3.8, 4) is 6.07 Å². The molecular formula is C20H22ClN7. The number of piperazine rings is 1. The second-order valence-electron chi connectivity index (χ2n) is 6.68. The first-order valence-corrected chi connectivity index (χ1v) is 9.10. The maximum Gasteiger partial charge on any atom is 0.160 e. The minimum atomic E-state index is -0.0129. The van der Waals surface area contributed by atoms with Crippen LogP contribution in [0.5, 0.6) is 0 Å². The van der Waals surface area contributed by atoms with Gasteiger partial charge in [-0.1, -0.05) is 12.1 Å². The average Bonchev–Trinajstić information content (AvgIpc) is 2.74. The molecule has 1 atom stereocenters. The van der Waals surface area contributed by atoms with Crippen LogP contribution in [0, 0.1) is 11.3 Å². The van der Waals surface area contributed by atoms with E-state index in [0.29, 0.717) is 11.4 Å². The molecule has 4 rings (SSSR count). The van der Waals surface area contributed by atoms with Crippen LogP contribution in [0.25, 0.3) is 10.9 Å². The Morgan fingerprint density at radius 3 is 2.75 bits per heavy atom. The zero-order valence-electron chi connectivity index (χ0n) is 15.6. The fraction of sp³-hybridized carbons (Fsp3) is 0.300. The third-order valence-corrected chi connectivity index (χ3v) is 4.88. The van der Waals surface area contributed by atoms with Crippen molar-refractivity contribution in [2.45, 2.75) is 13.0 Å². The van der Waals surface area contributed by atoms with Crippen molar-refractivity contribution < 1.29 is 0 Å². The number of rotatable bonds is 4. The molecule has 28 heavy (non-hydrogen) atoms. The molecule has 0 spiro atoms. The van der Waals surface area contributed by atoms with Crippen LogP contribution in [0.1, 0.15) is 24.1 Å². The Balaban J connectivity index is 0.00000225. The molecule has 1 fully saturated rings. The quantitative estimate of drug-likeness (QED) is 0.701. The van der Waals surface area contributed by atoms with E-state index in [1.807, 2.05) is 31.2 Å². The van der Waals surface area contributed by atoms with Gasteiger partial charge in [0.25, 0.3) is 0 Å². The Hall–Kier alpha value is -2.95. The summed E-state index contributed by atoms with van der Waals surface area (Å²) in [7, 11) is 0. The van der Waals surface area contributed by atoms with Crippen molar-refractivity contribution in [1.29, 1.82) is 5.26 Å². The summed E-state index contributed by atoms with van der Waals surface area (Å²) in [5.41, 5.74) is 3.65. The number of hydrogen-bond acceptors (Lipinski definition) is 7. The van der Waals surface area contributed by atoms with Crippen LogP contribution in [-0.4, -0.2) is 41.6 Å². The van der Waals surface area contributed by atoms with Crippen molar-refractivity contribution in [3.63, 3.8) is 0 Å². The molecule has 2 heterocycles. The summed E-state index contributed by atoms with van der Waals surface area (Å²) in [5.74, 6) is 0.701. The van der Waals surface area contributed by atoms with Gasteiger partial charge in [0.1, 0.15) is 0 Å². The van der Waals surface area contributed by atoms with Gasteiger partial charge in [0.15, 0.2) is 5.82 Å². The highest BCUT2D eigenvalue weighted by molar-refractivity contribution is 5.91. The molecule has 8 heteroatoms. The van der Waals surface area contributed by atoms with Gasteiger partial charge in [0.05, 0.1) is 23.2 Å². The lowest BCUT2D eigenvalue weighted by Gasteiger charge is -2.29. The number of anilines is 2. The van der Waals surface area contributed by atoms with Gasteiger partial charge in [-0.05, 0) is 48.0 Å². The van der Waals surface area contributed by atoms with E-state index in [1.165, 1.54) is 5.69 Å². The molecule has 0 radical (unpaired) electrons. The predicted molar refractivity (Wildman–Crippen MR) is 113 cm³/mol. The molecule has 0 amide bonds. The Morgan fingerprint density at radius 2 is 1.96 bits per heavy atom. The number of nitrogens with one attached hydrogen (secondary N) is 2. The Kier molecular flexibility index (Phi) is 6.24. The van der Waals surface area contributed by atoms with E-state index >= 15 is 0 Å². The topological polar surface area (TPSA) is 89.8 Å². The summed E-state index contributed by atoms with van der Waals surface area (Å²) in [6.07, 6.45) is 0. The number of halogens is 1. The lowest BCUT2D eigenvalue weighted by atomic mass is 10.1. The second kappa shape index (κ2) is 8.83. The van der Waals surface area contributed by atoms with Crippen molar-refractivity contribution in [2.24, 2.45) is 0 Å². The normalized spacial score (nSPS) is 14.8. The van der Waals surface area contributed by atoms with Gasteiger partial charge in [-0.15, -0.1) is 22.6 Å². The largest absolute Gasteiger partial charge is 0.369 e. The molecule has 0 bridgehead atoms. The molecule has 144 valence electrons. The summed E-state index contributed by atoms with van der Waals surface area (Å²) >= 11 is 0. The Labute approximate surface area is 170 Å². The first-order chi connectivity index (χ1) is 13.2. The number of nitrogens with zero attached hydrogens (tertiary/aromatic N) is 5. The van der Waals surface area contributed by atoms with E-state index in [1.54, 1.807) is 6.07 Å². The standard InChI is InChI=1S/C20H21N7.ClH/c1-14(16-4-2-3-15(11-16)13-21)23-20-18-12-17(27-9-7-22-8-10-27)5-6-19(18)24-26-25-20;/h2-6,11-12,14,22H,7-10H2,1H3,(H,23,24,25);1H/t14-;/m1./s1. The van der Waals surface area contributed by atoms with Gasteiger partial charge < -0.3 is 15.5 Å². The van der Waals surface area contributed by atoms with Gasteiger partial charge in [-0.3, -0.25) is 0 Å². The third-order valence-electron chi connectivity index (χ3n) is 4.88. The SMILES string of the molecule is C[C@@H](Nc1nnnc2ccc(N3CCNCC3)cc12)c1cccc(C#N)c1.Cl. The first kappa shape index (κ1) is 19.8. The van der Waals surface area contributed by atoms with Gasteiger partial charge in [-0.25, -0.2) is 0 Å². The van der Waals surface area contributed by atoms with Crippen molar-refractivity contribution >= 4 is 34.8 Å². The molecule has 3 aromatic rings. The average molecular weight is 396 g/mol. The lowest BCUT2D eigenvalue weighted by Crippen LogP contribution is -2.43. The molecule has 1 aromatic heterocycles. The van der Waals surface area contributed by atoms with Crippen molar-refractivity contribution in [2.75, 3.05) is 36.4 Å². The molecule has 7 nitrogen and oxygen atoms in total. The van der Waals surface area contributed by atoms with Crippen molar-refractivity contribution in [1.82, 2.24) is 20.7 Å². The highest BCUT2D eigenvalue weighted by Gasteiger charge is 2.14. The molecule has 1 aliphatic rings. The maximum atomic E-state index is 9.12. The molecule has 0 aliphatic carbocycles. The fourth-order valence-corrected chi connectivity index (χ4v) is 3.36. The maximum absolute atomic E-state index is 9.12. The van der Waals surface area contributed by atoms with Gasteiger partial charge >= 0.3 is 0 Å². The summed E-state index contributed by atoms with van der Waals surface area (Å²) < 4.78 is 0. The highest BCUT2D eigenvalue weighted by Crippen LogP contribution is 2.27. The van der Waals surface area contributed by atoms with Crippen LogP contribution in [0.2, 0.25) is 0 Å². The molecule has 1 saturated heterocycles. The van der Waals surface area contributed by atoms with Gasteiger partial charge in [-0.2, -0.15) is 5.26 Å². The van der Waals surface area contributed by atoms with Crippen LogP contribution in [0.4, 0.5) is 11.5 Å². The van der Waals surface area contributed by atoms with E-state index in [9.17, 15) is 0 Å². The minimum Gasteiger partial charge on any atom is -0.369 e. The number of benzene rings is 2. The monoisotopic (exact) mass is 395 g/mol. The van der Waals surface area contributed by atoms with E-state index < -0.39 is 0 Å². The van der Waals surface area contributed by atoms with Crippen molar-refractivity contribution in [3.05, 3.63) is 53.6 Å². The number of aromatic nitrogens is 3. The highest BCUT2D eigenvalue weighted by atomic mass is 35.5. The molecule has 0 unspecified atom stereocenters. The molecule has 0 saturated carbocycles. The molecule has 2 N–H and O–H groups in total. The Bertz CT molecular complexity index is 995. The van der Waals surface area contributed by atoms with E-state index in [2.05, 4.69) is 49.1 Å². The molecule has 2 aromatic carbocycles. The summed E-state index contributed by atoms with van der Waals surface area (Å²) in [5, 5.41) is 29.2. The summed E-state index contributed by atoms with van der Waals surface area (Å²) in [6.45, 7) is 5.99. The summed E-state index contributed by atoms with van der Waals surface area (Å²) in [6, 6.07) is 16.0. The lowest BCUT2D eigenvalue weighted by molar-refractivity contribution is 0.589. The minimum absolute atomic E-state index is 0. The van der Waals surface area contributed by atoms with E-state index in [-0.39, 0.29) is 18.4 Å². The van der Waals surface area contributed by atoms with Crippen LogP contribution < -0.4 is 15.5 Å². The Morgan fingerprint density at radius 1 is 1.14 bits per heavy atom. The second-order valence-corrected chi connectivity index (χ2v) is 6.68. The number of fused-ring (bicyclic) bond motifs is 1. The van der Waals surface area contributed by atoms with Gasteiger partial charge in [0, 0.05) is 37.3 Å². The first-order valence-electron chi connectivity index (χ1n) is 9.10. The molecular weight excluding hydrogens is 374 g/mol. The van der Waals surface area contributed by atoms with Crippen LogP contribution in [0.3, 0.4) is 0 Å². The zero-order valence-corrected chi connectivity index (χ0v) is 16.4. The molecule has 1 aliphatic heterocycles. The van der Waals surface area contributed by atoms with Crippen LogP contribution >= 0.6 is 12.4 Å². The van der Waals surface area contributed by atoms with Gasteiger partial charge in [0.2, 0.25) is 0 Å². The number of hydrogen-bond donors (Lipinski definition) is 2. The number of nitriles is 1. The summed E-state index contributed by atoms with van der Waals surface area (Å²) in [4.78, 5) is 2.36. The predicted octanol–water partition coefficient (Wildman–Crippen LogP) is 2.90. The third kappa shape index (κ3) is 4.14. The smallest absolute Gasteiger partial charge is 0.160 e. The van der Waals surface area contributed by atoms with E-state index in [4.69, 9.17) is 5.26 Å². The fourth-order valence-electron chi connectivity index (χ4n) is 3.36. The van der Waals surface area contributed by atoms with Crippen LogP contribution in [0.15, 0.2) is 42.5 Å². The zero-order chi connectivity index (χ0) is 18.6. The van der Waals surface area contributed by atoms with Crippen LogP contribution in [-0.2, 0) is 0 Å².